The van der Waals surface area contributed by atoms with Crippen LogP contribution in [0.5, 0.6) is 0 Å². The molecule has 15 heavy (non-hydrogen) atoms. The second-order valence-electron chi connectivity index (χ2n) is 6.65. The molecular formula is C12H18ClNO. The van der Waals surface area contributed by atoms with Gasteiger partial charge in [-0.1, -0.05) is 13.8 Å². The molecular weight excluding hydrogens is 210 g/mol. The number of carbonyl (C=O) groups is 1. The van der Waals surface area contributed by atoms with Crippen LogP contribution in [0.25, 0.3) is 0 Å². The quantitative estimate of drug-likeness (QED) is 0.590. The van der Waals surface area contributed by atoms with Crippen LogP contribution >= 0.6 is 11.6 Å². The minimum absolute atomic E-state index is 0.0159. The number of hydrogen-bond acceptors (Lipinski definition) is 2. The average molecular weight is 228 g/mol. The number of halogens is 1. The molecule has 4 rings (SSSR count). The number of ketones is 1. The maximum Gasteiger partial charge on any atom is 0.148 e. The van der Waals surface area contributed by atoms with E-state index in [-0.39, 0.29) is 21.6 Å². The van der Waals surface area contributed by atoms with Crippen LogP contribution < -0.4 is 0 Å². The first-order valence-corrected chi connectivity index (χ1v) is 6.15. The summed E-state index contributed by atoms with van der Waals surface area (Å²) in [5, 5.41) is 0.0159. The van der Waals surface area contributed by atoms with Crippen LogP contribution in [-0.4, -0.2) is 35.7 Å². The molecule has 4 bridgehead atoms. The number of alkyl halides is 1. The molecule has 3 saturated heterocycles. The molecule has 5 atom stereocenters. The van der Waals surface area contributed by atoms with Crippen molar-refractivity contribution < 1.29 is 4.79 Å². The Morgan fingerprint density at radius 1 is 1.27 bits per heavy atom. The summed E-state index contributed by atoms with van der Waals surface area (Å²) in [6.07, 6.45) is 0.971. The molecule has 0 spiro atoms. The maximum absolute atomic E-state index is 12.5. The minimum Gasteiger partial charge on any atom is -0.301 e. The number of hydrogen-bond donors (Lipinski definition) is 0. The van der Waals surface area contributed by atoms with E-state index >= 15 is 0 Å². The van der Waals surface area contributed by atoms with Crippen LogP contribution in [0.3, 0.4) is 0 Å². The van der Waals surface area contributed by atoms with Crippen molar-refractivity contribution >= 4 is 17.4 Å². The van der Waals surface area contributed by atoms with E-state index in [0.717, 1.165) is 26.1 Å². The van der Waals surface area contributed by atoms with Crippen molar-refractivity contribution in [1.82, 2.24) is 4.90 Å². The second-order valence-corrected chi connectivity index (χ2v) is 7.08. The van der Waals surface area contributed by atoms with Gasteiger partial charge in [-0.25, -0.2) is 0 Å². The van der Waals surface area contributed by atoms with Crippen LogP contribution in [0.4, 0.5) is 0 Å². The smallest absolute Gasteiger partial charge is 0.148 e. The second kappa shape index (κ2) is 2.43. The predicted octanol–water partition coefficient (Wildman–Crippen LogP) is 1.91. The Morgan fingerprint density at radius 3 is 2.60 bits per heavy atom. The Labute approximate surface area is 96.0 Å². The number of piperidine rings is 3. The van der Waals surface area contributed by atoms with Gasteiger partial charge < -0.3 is 4.90 Å². The highest BCUT2D eigenvalue weighted by molar-refractivity contribution is 6.24. The Balaban J connectivity index is 2.16. The molecule has 1 aliphatic carbocycles. The van der Waals surface area contributed by atoms with Crippen LogP contribution in [0.2, 0.25) is 0 Å². The highest BCUT2D eigenvalue weighted by atomic mass is 35.5. The Hall–Kier alpha value is -0.0800. The van der Waals surface area contributed by atoms with E-state index in [2.05, 4.69) is 25.7 Å². The van der Waals surface area contributed by atoms with Gasteiger partial charge in [-0.3, -0.25) is 4.79 Å². The Morgan fingerprint density at radius 2 is 1.93 bits per heavy atom. The van der Waals surface area contributed by atoms with Gasteiger partial charge in [-0.2, -0.15) is 0 Å². The topological polar surface area (TPSA) is 20.3 Å². The molecule has 0 aromatic heterocycles. The highest BCUT2D eigenvalue weighted by Crippen LogP contribution is 2.61. The van der Waals surface area contributed by atoms with Crippen molar-refractivity contribution in [2.24, 2.45) is 16.2 Å². The highest BCUT2D eigenvalue weighted by Gasteiger charge is 2.67. The largest absolute Gasteiger partial charge is 0.301 e. The number of Topliss-reactive ketones (excluding diaryl/α,β-unsaturated/α-hetero) is 1. The molecule has 3 aliphatic heterocycles. The summed E-state index contributed by atoms with van der Waals surface area (Å²) in [5.41, 5.74) is -0.305. The molecule has 3 heterocycles. The molecule has 0 aromatic carbocycles. The lowest BCUT2D eigenvalue weighted by atomic mass is 9.48. The summed E-state index contributed by atoms with van der Waals surface area (Å²) in [6.45, 7) is 9.32. The summed E-state index contributed by atoms with van der Waals surface area (Å²) in [6, 6.07) is 0. The third kappa shape index (κ3) is 0.980. The lowest BCUT2D eigenvalue weighted by molar-refractivity contribution is -0.178. The minimum atomic E-state index is -0.306. The molecule has 2 nitrogen and oxygen atoms in total. The standard InChI is InChI=1S/C12H18ClNO/c1-10-4-11(2)6-14(5-10)7-12(3,8(10)13)9(11)15/h8H,4-7H2,1-3H3/t8-,10?,11?,12?/m1/s1. The molecule has 3 heteroatoms. The predicted molar refractivity (Wildman–Crippen MR) is 60.0 cm³/mol. The number of nitrogens with zero attached hydrogens (tertiary/aromatic N) is 1. The first kappa shape index (κ1) is 10.1. The first-order chi connectivity index (χ1) is 6.80. The fourth-order valence-electron chi connectivity index (χ4n) is 4.69. The molecule has 0 N–H and O–H groups in total. The van der Waals surface area contributed by atoms with E-state index in [1.807, 2.05) is 0 Å². The zero-order valence-corrected chi connectivity index (χ0v) is 10.4. The van der Waals surface area contributed by atoms with Gasteiger partial charge in [-0.15, -0.1) is 11.6 Å². The van der Waals surface area contributed by atoms with Crippen molar-refractivity contribution in [2.45, 2.75) is 32.6 Å². The van der Waals surface area contributed by atoms with E-state index in [0.29, 0.717) is 5.78 Å². The summed E-state index contributed by atoms with van der Waals surface area (Å²) in [5.74, 6) is 0.406. The molecule has 4 fully saturated rings. The van der Waals surface area contributed by atoms with Crippen LogP contribution in [0.15, 0.2) is 0 Å². The van der Waals surface area contributed by atoms with Gasteiger partial charge in [0.2, 0.25) is 0 Å². The maximum atomic E-state index is 12.5. The fraction of sp³-hybridized carbons (Fsp3) is 0.917. The molecule has 0 aromatic rings. The van der Waals surface area contributed by atoms with Gasteiger partial charge in [0.1, 0.15) is 5.78 Å². The molecule has 1 saturated carbocycles. The summed E-state index contributed by atoms with van der Waals surface area (Å²) in [7, 11) is 0. The normalized spacial score (nSPS) is 62.5. The third-order valence-corrected chi connectivity index (χ3v) is 5.75. The molecule has 4 unspecified atom stereocenters. The number of rotatable bonds is 0. The summed E-state index contributed by atoms with van der Waals surface area (Å²) < 4.78 is 0. The molecule has 0 radical (unpaired) electrons. The van der Waals surface area contributed by atoms with Gasteiger partial charge in [0, 0.05) is 25.0 Å². The van der Waals surface area contributed by atoms with E-state index in [1.54, 1.807) is 0 Å². The fourth-order valence-corrected chi connectivity index (χ4v) is 5.00. The van der Waals surface area contributed by atoms with Crippen molar-refractivity contribution in [3.63, 3.8) is 0 Å². The van der Waals surface area contributed by atoms with E-state index < -0.39 is 0 Å². The summed E-state index contributed by atoms with van der Waals surface area (Å²) in [4.78, 5) is 14.9. The van der Waals surface area contributed by atoms with E-state index in [9.17, 15) is 4.79 Å². The summed E-state index contributed by atoms with van der Waals surface area (Å²) >= 11 is 6.56. The lowest BCUT2D eigenvalue weighted by Crippen LogP contribution is -2.75. The van der Waals surface area contributed by atoms with Crippen molar-refractivity contribution in [3.8, 4) is 0 Å². The van der Waals surface area contributed by atoms with Gasteiger partial charge in [0.05, 0.1) is 10.8 Å². The number of carbonyl (C=O) groups excluding carboxylic acids is 1. The zero-order valence-electron chi connectivity index (χ0n) is 9.64. The van der Waals surface area contributed by atoms with Gasteiger partial charge in [0.15, 0.2) is 0 Å². The first-order valence-electron chi connectivity index (χ1n) is 5.72. The Kier molecular flexibility index (Phi) is 1.64. The van der Waals surface area contributed by atoms with Crippen LogP contribution in [-0.2, 0) is 4.79 Å². The zero-order chi connectivity index (χ0) is 11.1. The molecule has 4 aliphatic rings. The third-order valence-electron chi connectivity index (χ3n) is 4.74. The van der Waals surface area contributed by atoms with Gasteiger partial charge in [-0.05, 0) is 18.8 Å². The van der Waals surface area contributed by atoms with Crippen molar-refractivity contribution in [3.05, 3.63) is 0 Å². The van der Waals surface area contributed by atoms with Crippen LogP contribution in [0, 0.1) is 16.2 Å². The molecule has 0 amide bonds. The van der Waals surface area contributed by atoms with Crippen molar-refractivity contribution in [2.75, 3.05) is 19.6 Å². The van der Waals surface area contributed by atoms with E-state index in [1.165, 1.54) is 0 Å². The monoisotopic (exact) mass is 227 g/mol. The van der Waals surface area contributed by atoms with Gasteiger partial charge >= 0.3 is 0 Å². The lowest BCUT2D eigenvalue weighted by Gasteiger charge is -2.66. The average Bonchev–Trinajstić information content (AvgIpc) is 2.10. The van der Waals surface area contributed by atoms with Crippen LogP contribution in [0.1, 0.15) is 27.2 Å². The molecule has 84 valence electrons. The SMILES string of the molecule is CC12CN3CC(C)(C1)[C@@H](Cl)C(C)(C3)C2=O. The Bertz CT molecular complexity index is 358. The van der Waals surface area contributed by atoms with Crippen molar-refractivity contribution in [1.29, 1.82) is 0 Å². The van der Waals surface area contributed by atoms with Gasteiger partial charge in [0.25, 0.3) is 0 Å². The van der Waals surface area contributed by atoms with E-state index in [4.69, 9.17) is 11.6 Å².